The van der Waals surface area contributed by atoms with Crippen LogP contribution < -0.4 is 10.5 Å². The molecule has 0 radical (unpaired) electrons. The highest BCUT2D eigenvalue weighted by atomic mass is 79.9. The minimum Gasteiger partial charge on any atom is -0.487 e. The number of anilines is 1. The van der Waals surface area contributed by atoms with E-state index in [-0.39, 0.29) is 5.82 Å². The first kappa shape index (κ1) is 13.8. The van der Waals surface area contributed by atoms with E-state index >= 15 is 0 Å². The number of ether oxygens (including phenoxy) is 1. The zero-order chi connectivity index (χ0) is 14.8. The Labute approximate surface area is 129 Å². The third-order valence-corrected chi connectivity index (χ3v) is 3.75. The predicted octanol–water partition coefficient (Wildman–Crippen LogP) is 4.30. The Kier molecular flexibility index (Phi) is 3.75. The Balaban J connectivity index is 1.88. The van der Waals surface area contributed by atoms with Crippen molar-refractivity contribution in [2.24, 2.45) is 0 Å². The molecule has 106 valence electrons. The molecule has 3 rings (SSSR count). The first-order valence-corrected chi connectivity index (χ1v) is 7.14. The van der Waals surface area contributed by atoms with E-state index < -0.39 is 0 Å². The molecule has 0 spiro atoms. The van der Waals surface area contributed by atoms with Crippen LogP contribution in [0, 0.1) is 5.82 Å². The molecular formula is C16H12BrFN2O. The third-order valence-electron chi connectivity index (χ3n) is 3.14. The van der Waals surface area contributed by atoms with Gasteiger partial charge in [0.1, 0.15) is 23.7 Å². The second-order valence-corrected chi connectivity index (χ2v) is 5.44. The summed E-state index contributed by atoms with van der Waals surface area (Å²) in [4.78, 5) is 4.31. The third kappa shape index (κ3) is 2.83. The number of halogens is 2. The van der Waals surface area contributed by atoms with Crippen LogP contribution in [0.15, 0.2) is 53.1 Å². The molecule has 2 N–H and O–H groups in total. The Hall–Kier alpha value is -2.14. The molecule has 0 aliphatic heterocycles. The molecule has 5 heteroatoms. The predicted molar refractivity (Wildman–Crippen MR) is 84.6 cm³/mol. The average molecular weight is 347 g/mol. The van der Waals surface area contributed by atoms with Gasteiger partial charge in [0.25, 0.3) is 0 Å². The van der Waals surface area contributed by atoms with Gasteiger partial charge in [-0.2, -0.15) is 0 Å². The van der Waals surface area contributed by atoms with Gasteiger partial charge in [-0.25, -0.2) is 4.39 Å². The summed E-state index contributed by atoms with van der Waals surface area (Å²) in [7, 11) is 0. The summed E-state index contributed by atoms with van der Waals surface area (Å²) < 4.78 is 19.4. The summed E-state index contributed by atoms with van der Waals surface area (Å²) in [5, 5.41) is 0.857. The molecule has 0 saturated carbocycles. The van der Waals surface area contributed by atoms with Crippen LogP contribution in [-0.2, 0) is 6.61 Å². The van der Waals surface area contributed by atoms with Crippen molar-refractivity contribution >= 4 is 32.5 Å². The summed E-state index contributed by atoms with van der Waals surface area (Å²) in [5.41, 5.74) is 8.17. The fourth-order valence-electron chi connectivity index (χ4n) is 2.08. The molecule has 3 nitrogen and oxygen atoms in total. The first-order valence-electron chi connectivity index (χ1n) is 6.35. The second kappa shape index (κ2) is 5.69. The first-order chi connectivity index (χ1) is 10.1. The lowest BCUT2D eigenvalue weighted by Crippen LogP contribution is -1.98. The van der Waals surface area contributed by atoms with Crippen LogP contribution in [0.1, 0.15) is 5.56 Å². The lowest BCUT2D eigenvalue weighted by molar-refractivity contribution is 0.309. The van der Waals surface area contributed by atoms with Gasteiger partial charge in [0, 0.05) is 17.3 Å². The number of rotatable bonds is 3. The van der Waals surface area contributed by atoms with Crippen molar-refractivity contribution < 1.29 is 9.13 Å². The smallest absolute Gasteiger partial charge is 0.146 e. The molecule has 0 aliphatic carbocycles. The highest BCUT2D eigenvalue weighted by Gasteiger charge is 2.07. The molecule has 1 heterocycles. The molecule has 0 unspecified atom stereocenters. The highest BCUT2D eigenvalue weighted by molar-refractivity contribution is 9.10. The Bertz CT molecular complexity index is 807. The molecule has 21 heavy (non-hydrogen) atoms. The lowest BCUT2D eigenvalue weighted by atomic mass is 10.1. The van der Waals surface area contributed by atoms with Crippen molar-refractivity contribution in [1.82, 2.24) is 4.98 Å². The van der Waals surface area contributed by atoms with Gasteiger partial charge in [-0.3, -0.25) is 4.98 Å². The summed E-state index contributed by atoms with van der Waals surface area (Å²) >= 11 is 3.16. The van der Waals surface area contributed by atoms with Crippen molar-refractivity contribution in [1.29, 1.82) is 0 Å². The number of fused-ring (bicyclic) bond motifs is 1. The average Bonchev–Trinajstić information content (AvgIpc) is 2.50. The maximum absolute atomic E-state index is 13.2. The largest absolute Gasteiger partial charge is 0.487 e. The summed E-state index contributed by atoms with van der Waals surface area (Å²) in [6.45, 7) is 0.328. The molecule has 0 amide bonds. The van der Waals surface area contributed by atoms with Crippen LogP contribution in [-0.4, -0.2) is 4.98 Å². The molecule has 2 aromatic carbocycles. The Morgan fingerprint density at radius 1 is 1.19 bits per heavy atom. The molecule has 0 saturated heterocycles. The highest BCUT2D eigenvalue weighted by Crippen LogP contribution is 2.29. The molecule has 1 aromatic heterocycles. The molecular weight excluding hydrogens is 335 g/mol. The van der Waals surface area contributed by atoms with Crippen molar-refractivity contribution in [3.05, 3.63) is 64.5 Å². The summed E-state index contributed by atoms with van der Waals surface area (Å²) in [6.07, 6.45) is 1.70. The molecule has 0 bridgehead atoms. The van der Waals surface area contributed by atoms with Crippen LogP contribution in [0.2, 0.25) is 0 Å². The SMILES string of the molecule is Nc1ccc(OCc2ccc(F)c(Br)c2)c2ncccc12. The topological polar surface area (TPSA) is 48.1 Å². The minimum absolute atomic E-state index is 0.293. The molecule has 0 aliphatic rings. The van der Waals surface area contributed by atoms with E-state index in [0.717, 1.165) is 16.5 Å². The molecule has 3 aromatic rings. The monoisotopic (exact) mass is 346 g/mol. The van der Waals surface area contributed by atoms with E-state index in [2.05, 4.69) is 20.9 Å². The number of nitrogen functional groups attached to an aromatic ring is 1. The van der Waals surface area contributed by atoms with E-state index in [4.69, 9.17) is 10.5 Å². The fourth-order valence-corrected chi connectivity index (χ4v) is 2.50. The van der Waals surface area contributed by atoms with Crippen molar-refractivity contribution in [3.8, 4) is 5.75 Å². The van der Waals surface area contributed by atoms with E-state index in [1.54, 1.807) is 30.5 Å². The number of hydrogen-bond donors (Lipinski definition) is 1. The van der Waals surface area contributed by atoms with Crippen molar-refractivity contribution in [3.63, 3.8) is 0 Å². The number of nitrogens with zero attached hydrogens (tertiary/aromatic N) is 1. The zero-order valence-corrected chi connectivity index (χ0v) is 12.6. The summed E-state index contributed by atoms with van der Waals surface area (Å²) in [5.74, 6) is 0.360. The van der Waals surface area contributed by atoms with Crippen molar-refractivity contribution in [2.75, 3.05) is 5.73 Å². The maximum atomic E-state index is 13.2. The van der Waals surface area contributed by atoms with Crippen LogP contribution in [0.25, 0.3) is 10.9 Å². The number of aromatic nitrogens is 1. The van der Waals surface area contributed by atoms with Gasteiger partial charge in [0.15, 0.2) is 0 Å². The van der Waals surface area contributed by atoms with E-state index in [1.807, 2.05) is 12.1 Å². The van der Waals surface area contributed by atoms with Crippen LogP contribution in [0.4, 0.5) is 10.1 Å². The number of benzene rings is 2. The van der Waals surface area contributed by atoms with Gasteiger partial charge >= 0.3 is 0 Å². The van der Waals surface area contributed by atoms with Gasteiger partial charge in [0.2, 0.25) is 0 Å². The second-order valence-electron chi connectivity index (χ2n) is 4.59. The minimum atomic E-state index is -0.293. The summed E-state index contributed by atoms with van der Waals surface area (Å²) in [6, 6.07) is 12.1. The Morgan fingerprint density at radius 3 is 2.86 bits per heavy atom. The molecule has 0 fully saturated rings. The normalized spacial score (nSPS) is 10.8. The van der Waals surface area contributed by atoms with Crippen LogP contribution in [0.5, 0.6) is 5.75 Å². The number of nitrogens with two attached hydrogens (primary N) is 1. The van der Waals surface area contributed by atoms with E-state index in [9.17, 15) is 4.39 Å². The van der Waals surface area contributed by atoms with Gasteiger partial charge in [-0.1, -0.05) is 6.07 Å². The maximum Gasteiger partial charge on any atom is 0.146 e. The number of pyridine rings is 1. The number of hydrogen-bond acceptors (Lipinski definition) is 3. The van der Waals surface area contributed by atoms with Gasteiger partial charge < -0.3 is 10.5 Å². The quantitative estimate of drug-likeness (QED) is 0.719. The van der Waals surface area contributed by atoms with Crippen molar-refractivity contribution in [2.45, 2.75) is 6.61 Å². The van der Waals surface area contributed by atoms with Gasteiger partial charge in [-0.15, -0.1) is 0 Å². The van der Waals surface area contributed by atoms with E-state index in [0.29, 0.717) is 22.5 Å². The molecule has 0 atom stereocenters. The Morgan fingerprint density at radius 2 is 2.05 bits per heavy atom. The van der Waals surface area contributed by atoms with Crippen LogP contribution >= 0.6 is 15.9 Å². The van der Waals surface area contributed by atoms with Gasteiger partial charge in [-0.05, 0) is 57.9 Å². The van der Waals surface area contributed by atoms with Crippen LogP contribution in [0.3, 0.4) is 0 Å². The zero-order valence-electron chi connectivity index (χ0n) is 11.0. The standard InChI is InChI=1S/C16H12BrFN2O/c17-12-8-10(3-4-13(12)18)9-21-15-6-5-14(19)11-2-1-7-20-16(11)15/h1-8H,9,19H2. The van der Waals surface area contributed by atoms with E-state index in [1.165, 1.54) is 6.07 Å². The van der Waals surface area contributed by atoms with Gasteiger partial charge in [0.05, 0.1) is 4.47 Å². The lowest BCUT2D eigenvalue weighted by Gasteiger charge is -2.10. The fraction of sp³-hybridized carbons (Fsp3) is 0.0625.